The van der Waals surface area contributed by atoms with Crippen LogP contribution in [0.3, 0.4) is 0 Å². The fourth-order valence-corrected chi connectivity index (χ4v) is 5.15. The first-order valence-electron chi connectivity index (χ1n) is 9.91. The summed E-state index contributed by atoms with van der Waals surface area (Å²) < 4.78 is 32.3. The van der Waals surface area contributed by atoms with E-state index in [9.17, 15) is 13.2 Å². The van der Waals surface area contributed by atoms with Crippen molar-refractivity contribution in [3.8, 4) is 0 Å². The number of nitrogens with zero attached hydrogens (tertiary/aromatic N) is 3. The molecule has 7 nitrogen and oxygen atoms in total. The van der Waals surface area contributed by atoms with E-state index in [-0.39, 0.29) is 17.3 Å². The highest BCUT2D eigenvalue weighted by molar-refractivity contribution is 7.89. The predicted molar refractivity (Wildman–Crippen MR) is 126 cm³/mol. The Morgan fingerprint density at radius 1 is 1.06 bits per heavy atom. The molecule has 0 bridgehead atoms. The molecule has 0 aliphatic rings. The number of furan rings is 1. The summed E-state index contributed by atoms with van der Waals surface area (Å²) in [7, 11) is -0.639. The summed E-state index contributed by atoms with van der Waals surface area (Å²) in [5.74, 6) is 0.333. The topological polar surface area (TPSA) is 83.7 Å². The normalized spacial score (nSPS) is 11.9. The van der Waals surface area contributed by atoms with E-state index in [1.807, 2.05) is 19.9 Å². The smallest absolute Gasteiger partial charge is 0.260 e. The highest BCUT2D eigenvalue weighted by Crippen LogP contribution is 2.32. The van der Waals surface area contributed by atoms with E-state index in [0.717, 1.165) is 25.6 Å². The highest BCUT2D eigenvalue weighted by Gasteiger charge is 2.24. The van der Waals surface area contributed by atoms with Gasteiger partial charge in [-0.15, -0.1) is 0 Å². The van der Waals surface area contributed by atoms with Crippen molar-refractivity contribution >= 4 is 42.6 Å². The molecule has 32 heavy (non-hydrogen) atoms. The monoisotopic (exact) mass is 469 g/mol. The Balaban J connectivity index is 1.73. The number of amides is 1. The summed E-state index contributed by atoms with van der Waals surface area (Å²) in [6.45, 7) is 4.29. The SMILES string of the molecule is Cc1cc2nc(N(Cc3ccco3)C(=O)c3ccc(S(=O)(=O)N(C)C)cc3)sc2cc1C. The number of fused-ring (bicyclic) bond motifs is 1. The molecule has 0 N–H and O–H groups in total. The van der Waals surface area contributed by atoms with E-state index in [1.54, 1.807) is 23.3 Å². The Morgan fingerprint density at radius 2 is 1.75 bits per heavy atom. The number of aryl methyl sites for hydroxylation is 2. The third-order valence-corrected chi connectivity index (χ3v) is 8.11. The maximum Gasteiger partial charge on any atom is 0.260 e. The quantitative estimate of drug-likeness (QED) is 0.412. The number of carbonyl (C=O) groups is 1. The number of sulfonamides is 1. The van der Waals surface area contributed by atoms with E-state index >= 15 is 0 Å². The van der Waals surface area contributed by atoms with Crippen LogP contribution in [0.5, 0.6) is 0 Å². The molecule has 0 saturated carbocycles. The number of anilines is 1. The molecule has 0 aliphatic carbocycles. The zero-order valence-corrected chi connectivity index (χ0v) is 19.8. The van der Waals surface area contributed by atoms with Crippen LogP contribution < -0.4 is 4.90 Å². The molecule has 0 unspecified atom stereocenters. The van der Waals surface area contributed by atoms with Crippen LogP contribution in [0.4, 0.5) is 5.13 Å². The molecule has 4 aromatic rings. The van der Waals surface area contributed by atoms with Crippen LogP contribution in [0.25, 0.3) is 10.2 Å². The summed E-state index contributed by atoms with van der Waals surface area (Å²) in [5.41, 5.74) is 3.49. The van der Waals surface area contributed by atoms with Crippen LogP contribution in [-0.2, 0) is 16.6 Å². The van der Waals surface area contributed by atoms with E-state index in [4.69, 9.17) is 9.40 Å². The van der Waals surface area contributed by atoms with Crippen LogP contribution in [0.1, 0.15) is 27.2 Å². The number of hydrogen-bond donors (Lipinski definition) is 0. The minimum atomic E-state index is -3.58. The largest absolute Gasteiger partial charge is 0.467 e. The molecule has 0 atom stereocenters. The Kier molecular flexibility index (Phi) is 5.89. The first-order valence-corrected chi connectivity index (χ1v) is 12.2. The highest BCUT2D eigenvalue weighted by atomic mass is 32.2. The van der Waals surface area contributed by atoms with Crippen molar-refractivity contribution in [1.82, 2.24) is 9.29 Å². The predicted octanol–water partition coefficient (Wildman–Crippen LogP) is 4.60. The standard InChI is InChI=1S/C23H23N3O4S2/c1-15-12-20-21(13-16(15)2)31-23(24-20)26(14-18-6-5-11-30-18)22(27)17-7-9-19(10-8-17)32(28,29)25(3)4/h5-13H,14H2,1-4H3. The molecule has 0 saturated heterocycles. The van der Waals surface area contributed by atoms with Crippen molar-refractivity contribution < 1.29 is 17.6 Å². The second-order valence-corrected chi connectivity index (χ2v) is 10.8. The first kappa shape index (κ1) is 22.2. The van der Waals surface area contributed by atoms with E-state index < -0.39 is 10.0 Å². The Hall–Kier alpha value is -3.01. The van der Waals surface area contributed by atoms with Crippen LogP contribution in [0, 0.1) is 13.8 Å². The number of carbonyl (C=O) groups excluding carboxylic acids is 1. The van der Waals surface area contributed by atoms with Crippen LogP contribution in [-0.4, -0.2) is 37.7 Å². The number of rotatable bonds is 6. The summed E-state index contributed by atoms with van der Waals surface area (Å²) in [4.78, 5) is 19.9. The van der Waals surface area contributed by atoms with Crippen molar-refractivity contribution in [2.75, 3.05) is 19.0 Å². The maximum atomic E-state index is 13.5. The molecule has 9 heteroatoms. The molecule has 2 aromatic carbocycles. The van der Waals surface area contributed by atoms with Gasteiger partial charge in [-0.3, -0.25) is 9.69 Å². The molecule has 0 aliphatic heterocycles. The van der Waals surface area contributed by atoms with Gasteiger partial charge in [-0.05, 0) is 73.5 Å². The molecule has 1 amide bonds. The average molecular weight is 470 g/mol. The molecule has 0 radical (unpaired) electrons. The third kappa shape index (κ3) is 4.19. The third-order valence-electron chi connectivity index (χ3n) is 5.24. The van der Waals surface area contributed by atoms with Gasteiger partial charge in [-0.1, -0.05) is 11.3 Å². The Labute approximate surface area is 191 Å². The van der Waals surface area contributed by atoms with Crippen LogP contribution in [0.15, 0.2) is 64.1 Å². The summed E-state index contributed by atoms with van der Waals surface area (Å²) in [6, 6.07) is 13.6. The van der Waals surface area contributed by atoms with Gasteiger partial charge < -0.3 is 4.42 Å². The number of thiazole rings is 1. The van der Waals surface area contributed by atoms with Crippen molar-refractivity contribution in [2.24, 2.45) is 0 Å². The van der Waals surface area contributed by atoms with Crippen molar-refractivity contribution in [3.63, 3.8) is 0 Å². The van der Waals surface area contributed by atoms with Crippen molar-refractivity contribution in [1.29, 1.82) is 0 Å². The lowest BCUT2D eigenvalue weighted by molar-refractivity contribution is 0.0983. The van der Waals surface area contributed by atoms with Gasteiger partial charge in [0.15, 0.2) is 5.13 Å². The van der Waals surface area contributed by atoms with Crippen molar-refractivity contribution in [2.45, 2.75) is 25.3 Å². The van der Waals surface area contributed by atoms with Gasteiger partial charge in [0, 0.05) is 19.7 Å². The first-order chi connectivity index (χ1) is 15.2. The maximum absolute atomic E-state index is 13.5. The van der Waals surface area contributed by atoms with Gasteiger partial charge in [-0.25, -0.2) is 17.7 Å². The summed E-state index contributed by atoms with van der Waals surface area (Å²) >= 11 is 1.43. The van der Waals surface area contributed by atoms with Gasteiger partial charge in [0.1, 0.15) is 5.76 Å². The molecule has 0 spiro atoms. The van der Waals surface area contributed by atoms with Gasteiger partial charge in [-0.2, -0.15) is 0 Å². The number of hydrogen-bond acceptors (Lipinski definition) is 6. The molecule has 2 heterocycles. The van der Waals surface area contributed by atoms with Gasteiger partial charge in [0.05, 0.1) is 27.9 Å². The fourth-order valence-electron chi connectivity index (χ4n) is 3.20. The second kappa shape index (κ2) is 8.50. The molecule has 2 aromatic heterocycles. The second-order valence-electron chi connectivity index (χ2n) is 7.68. The Bertz CT molecular complexity index is 1330. The van der Waals surface area contributed by atoms with E-state index in [1.165, 1.54) is 49.7 Å². The fraction of sp³-hybridized carbons (Fsp3) is 0.217. The molecular formula is C23H23N3O4S2. The van der Waals surface area contributed by atoms with Gasteiger partial charge in [0.2, 0.25) is 10.0 Å². The van der Waals surface area contributed by atoms with Gasteiger partial charge >= 0.3 is 0 Å². The average Bonchev–Trinajstić information content (AvgIpc) is 3.41. The minimum Gasteiger partial charge on any atom is -0.467 e. The van der Waals surface area contributed by atoms with Crippen LogP contribution in [0.2, 0.25) is 0 Å². The zero-order valence-electron chi connectivity index (χ0n) is 18.2. The van der Waals surface area contributed by atoms with E-state index in [0.29, 0.717) is 16.5 Å². The number of aromatic nitrogens is 1. The Morgan fingerprint density at radius 3 is 2.38 bits per heavy atom. The van der Waals surface area contributed by atoms with Crippen LogP contribution >= 0.6 is 11.3 Å². The van der Waals surface area contributed by atoms with Crippen molar-refractivity contribution in [3.05, 3.63) is 77.2 Å². The van der Waals surface area contributed by atoms with E-state index in [2.05, 4.69) is 6.07 Å². The number of benzene rings is 2. The molecule has 4 rings (SSSR count). The molecule has 166 valence electrons. The van der Waals surface area contributed by atoms with Gasteiger partial charge in [0.25, 0.3) is 5.91 Å². The molecular weight excluding hydrogens is 446 g/mol. The summed E-state index contributed by atoms with van der Waals surface area (Å²) in [6.07, 6.45) is 1.56. The lowest BCUT2D eigenvalue weighted by atomic mass is 10.1. The lowest BCUT2D eigenvalue weighted by Gasteiger charge is -2.19. The lowest BCUT2D eigenvalue weighted by Crippen LogP contribution is -2.30. The zero-order chi connectivity index (χ0) is 23.0. The summed E-state index contributed by atoms with van der Waals surface area (Å²) in [5, 5.41) is 0.552. The minimum absolute atomic E-state index is 0.127. The molecule has 0 fully saturated rings.